The number of benzene rings is 1. The Morgan fingerprint density at radius 3 is 2.55 bits per heavy atom. The van der Waals surface area contributed by atoms with Gasteiger partial charge in [-0.3, -0.25) is 0 Å². The zero-order chi connectivity index (χ0) is 8.10. The van der Waals surface area contributed by atoms with Crippen molar-refractivity contribution in [2.24, 2.45) is 0 Å². The molecule has 0 radical (unpaired) electrons. The second-order valence-corrected chi connectivity index (χ2v) is 2.36. The van der Waals surface area contributed by atoms with E-state index in [4.69, 9.17) is 0 Å². The van der Waals surface area contributed by atoms with Crippen LogP contribution in [0.5, 0.6) is 0 Å². The summed E-state index contributed by atoms with van der Waals surface area (Å²) >= 11 is 0. The van der Waals surface area contributed by atoms with Gasteiger partial charge in [0, 0.05) is 5.56 Å². The molecule has 0 spiro atoms. The van der Waals surface area contributed by atoms with Gasteiger partial charge in [-0.1, -0.05) is 37.3 Å². The van der Waals surface area contributed by atoms with Crippen molar-refractivity contribution < 1.29 is 5.11 Å². The number of hydrogen-bond acceptors (Lipinski definition) is 1. The molecule has 1 heteroatoms. The van der Waals surface area contributed by atoms with Gasteiger partial charge in [0.05, 0.1) is 0 Å². The Labute approximate surface area is 67.0 Å². The highest BCUT2D eigenvalue weighted by atomic mass is 16.3. The zero-order valence-electron chi connectivity index (χ0n) is 6.62. The van der Waals surface area contributed by atoms with Crippen LogP contribution < -0.4 is 0 Å². The number of aliphatic hydroxyl groups excluding tert-OH is 1. The summed E-state index contributed by atoms with van der Waals surface area (Å²) in [6.45, 7) is 2.00. The second-order valence-electron chi connectivity index (χ2n) is 2.36. The monoisotopic (exact) mass is 148 g/mol. The SMILES string of the molecule is CC/C=C(/O)c1ccccc1. The van der Waals surface area contributed by atoms with Crippen LogP contribution in [-0.4, -0.2) is 5.11 Å². The molecule has 58 valence electrons. The molecule has 0 aliphatic heterocycles. The third kappa shape index (κ3) is 2.11. The van der Waals surface area contributed by atoms with Crippen LogP contribution in [0.2, 0.25) is 0 Å². The first-order chi connectivity index (χ1) is 5.34. The molecule has 0 atom stereocenters. The van der Waals surface area contributed by atoms with Crippen LogP contribution in [0.4, 0.5) is 0 Å². The highest BCUT2D eigenvalue weighted by molar-refractivity contribution is 5.57. The fourth-order valence-electron chi connectivity index (χ4n) is 0.920. The van der Waals surface area contributed by atoms with Crippen LogP contribution in [0.25, 0.3) is 5.76 Å². The van der Waals surface area contributed by atoms with E-state index in [-0.39, 0.29) is 0 Å². The molecule has 1 N–H and O–H groups in total. The third-order valence-corrected chi connectivity index (χ3v) is 1.47. The van der Waals surface area contributed by atoms with Crippen LogP contribution >= 0.6 is 0 Å². The molecule has 0 aliphatic carbocycles. The van der Waals surface area contributed by atoms with Crippen molar-refractivity contribution in [1.82, 2.24) is 0 Å². The second kappa shape index (κ2) is 3.81. The molecule has 0 amide bonds. The molecule has 0 bridgehead atoms. The van der Waals surface area contributed by atoms with Gasteiger partial charge in [0.15, 0.2) is 0 Å². The van der Waals surface area contributed by atoms with E-state index >= 15 is 0 Å². The minimum atomic E-state index is 0.369. The Balaban J connectivity index is 2.85. The molecule has 0 saturated heterocycles. The maximum Gasteiger partial charge on any atom is 0.118 e. The lowest BCUT2D eigenvalue weighted by molar-refractivity contribution is 0.509. The topological polar surface area (TPSA) is 20.2 Å². The lowest BCUT2D eigenvalue weighted by atomic mass is 10.2. The smallest absolute Gasteiger partial charge is 0.118 e. The zero-order valence-corrected chi connectivity index (χ0v) is 6.62. The number of hydrogen-bond donors (Lipinski definition) is 1. The van der Waals surface area contributed by atoms with Crippen LogP contribution in [0.15, 0.2) is 36.4 Å². The average molecular weight is 148 g/mol. The quantitative estimate of drug-likeness (QED) is 0.639. The predicted molar refractivity (Wildman–Crippen MR) is 47.3 cm³/mol. The van der Waals surface area contributed by atoms with Crippen LogP contribution in [0.3, 0.4) is 0 Å². The summed E-state index contributed by atoms with van der Waals surface area (Å²) in [7, 11) is 0. The molecule has 1 rings (SSSR count). The Morgan fingerprint density at radius 1 is 1.36 bits per heavy atom. The average Bonchev–Trinajstić information content (AvgIpc) is 2.07. The Bertz CT molecular complexity index is 236. The van der Waals surface area contributed by atoms with Gasteiger partial charge in [-0.05, 0) is 12.5 Å². The summed E-state index contributed by atoms with van der Waals surface area (Å²) in [6, 6.07) is 9.54. The highest BCUT2D eigenvalue weighted by Gasteiger charge is 1.93. The van der Waals surface area contributed by atoms with Crippen molar-refractivity contribution in [3.05, 3.63) is 42.0 Å². The minimum Gasteiger partial charge on any atom is -0.508 e. The number of aliphatic hydroxyl groups is 1. The summed E-state index contributed by atoms with van der Waals surface area (Å²) in [5.74, 6) is 0.369. The first kappa shape index (κ1) is 7.86. The molecule has 1 aromatic rings. The Hall–Kier alpha value is -1.24. The van der Waals surface area contributed by atoms with E-state index in [1.165, 1.54) is 0 Å². The number of allylic oxidation sites excluding steroid dienone is 1. The molecule has 0 unspecified atom stereocenters. The minimum absolute atomic E-state index is 0.369. The molecule has 0 saturated carbocycles. The van der Waals surface area contributed by atoms with Crippen molar-refractivity contribution >= 4 is 5.76 Å². The van der Waals surface area contributed by atoms with E-state index in [0.29, 0.717) is 5.76 Å². The summed E-state index contributed by atoms with van der Waals surface area (Å²) in [4.78, 5) is 0. The maximum atomic E-state index is 9.38. The summed E-state index contributed by atoms with van der Waals surface area (Å²) < 4.78 is 0. The highest BCUT2D eigenvalue weighted by Crippen LogP contribution is 2.10. The lowest BCUT2D eigenvalue weighted by Crippen LogP contribution is -1.80. The molecule has 11 heavy (non-hydrogen) atoms. The van der Waals surface area contributed by atoms with E-state index < -0.39 is 0 Å². The summed E-state index contributed by atoms with van der Waals surface area (Å²) in [6.07, 6.45) is 2.66. The molecular weight excluding hydrogens is 136 g/mol. The lowest BCUT2D eigenvalue weighted by Gasteiger charge is -1.97. The van der Waals surface area contributed by atoms with Gasteiger partial charge in [-0.25, -0.2) is 0 Å². The van der Waals surface area contributed by atoms with E-state index in [1.807, 2.05) is 37.3 Å². The van der Waals surface area contributed by atoms with Crippen molar-refractivity contribution in [3.63, 3.8) is 0 Å². The van der Waals surface area contributed by atoms with Crippen LogP contribution in [-0.2, 0) is 0 Å². The first-order valence-electron chi connectivity index (χ1n) is 3.79. The van der Waals surface area contributed by atoms with Gasteiger partial charge < -0.3 is 5.11 Å². The predicted octanol–water partition coefficient (Wildman–Crippen LogP) is 3.00. The number of rotatable bonds is 2. The van der Waals surface area contributed by atoms with Crippen molar-refractivity contribution in [1.29, 1.82) is 0 Å². The van der Waals surface area contributed by atoms with Crippen molar-refractivity contribution in [2.75, 3.05) is 0 Å². The van der Waals surface area contributed by atoms with Crippen LogP contribution in [0.1, 0.15) is 18.9 Å². The molecule has 0 fully saturated rings. The third-order valence-electron chi connectivity index (χ3n) is 1.47. The van der Waals surface area contributed by atoms with Gasteiger partial charge in [0.25, 0.3) is 0 Å². The van der Waals surface area contributed by atoms with Crippen molar-refractivity contribution in [3.8, 4) is 0 Å². The van der Waals surface area contributed by atoms with E-state index in [2.05, 4.69) is 0 Å². The van der Waals surface area contributed by atoms with Gasteiger partial charge >= 0.3 is 0 Å². The van der Waals surface area contributed by atoms with Gasteiger partial charge in [-0.2, -0.15) is 0 Å². The molecule has 0 heterocycles. The van der Waals surface area contributed by atoms with Gasteiger partial charge in [0.2, 0.25) is 0 Å². The molecule has 1 aromatic carbocycles. The molecule has 1 nitrogen and oxygen atoms in total. The molecular formula is C10H12O. The normalized spacial score (nSPS) is 11.5. The fraction of sp³-hybridized carbons (Fsp3) is 0.200. The summed E-state index contributed by atoms with van der Waals surface area (Å²) in [5, 5.41) is 9.38. The largest absolute Gasteiger partial charge is 0.508 e. The molecule has 0 aromatic heterocycles. The standard InChI is InChI=1S/C10H12O/c1-2-6-10(11)9-7-4-3-5-8-9/h3-8,11H,2H2,1H3/b10-6+. The van der Waals surface area contributed by atoms with Gasteiger partial charge in [-0.15, -0.1) is 0 Å². The van der Waals surface area contributed by atoms with Gasteiger partial charge in [0.1, 0.15) is 5.76 Å². The van der Waals surface area contributed by atoms with E-state index in [0.717, 1.165) is 12.0 Å². The van der Waals surface area contributed by atoms with E-state index in [9.17, 15) is 5.11 Å². The first-order valence-corrected chi connectivity index (χ1v) is 3.79. The van der Waals surface area contributed by atoms with E-state index in [1.54, 1.807) is 6.08 Å². The fourth-order valence-corrected chi connectivity index (χ4v) is 0.920. The maximum absolute atomic E-state index is 9.38. The van der Waals surface area contributed by atoms with Crippen molar-refractivity contribution in [2.45, 2.75) is 13.3 Å². The molecule has 0 aliphatic rings. The Kier molecular flexibility index (Phi) is 2.73. The Morgan fingerprint density at radius 2 is 2.00 bits per heavy atom. The van der Waals surface area contributed by atoms with Crippen LogP contribution in [0, 0.1) is 0 Å². The summed E-state index contributed by atoms with van der Waals surface area (Å²) in [5.41, 5.74) is 0.884.